The lowest BCUT2D eigenvalue weighted by Crippen LogP contribution is -2.35. The van der Waals surface area contributed by atoms with Crippen LogP contribution in [0.25, 0.3) is 26.4 Å². The smallest absolute Gasteiger partial charge is 0.195 e. The van der Waals surface area contributed by atoms with E-state index in [1.807, 2.05) is 18.2 Å². The molecule has 6 heteroatoms. The Morgan fingerprint density at radius 1 is 1.16 bits per heavy atom. The van der Waals surface area contributed by atoms with Crippen molar-refractivity contribution in [2.45, 2.75) is 45.2 Å². The van der Waals surface area contributed by atoms with E-state index in [1.54, 1.807) is 11.3 Å². The number of Topliss-reactive ketones (excluding diaryl/α,β-unsaturated/α-hetero) is 1. The molecule has 0 radical (unpaired) electrons. The molecule has 166 valence electrons. The van der Waals surface area contributed by atoms with Crippen molar-refractivity contribution >= 4 is 32.3 Å². The summed E-state index contributed by atoms with van der Waals surface area (Å²) < 4.78 is 16.4. The number of hydrogen-bond donors (Lipinski definition) is 0. The van der Waals surface area contributed by atoms with Crippen molar-refractivity contribution in [3.63, 3.8) is 0 Å². The molecule has 0 spiro atoms. The summed E-state index contributed by atoms with van der Waals surface area (Å²) in [6.45, 7) is 4.74. The minimum absolute atomic E-state index is 0.195. The number of hydrogen-bond acceptors (Lipinski definition) is 4. The number of halogens is 1. The molecule has 0 saturated carbocycles. The molecule has 4 aromatic rings. The molecule has 1 aliphatic rings. The SMILES string of the molecule is Cc1cccc(-c2cn3c(n2)sc2cc(C(=O)CCCCN4CCC(F)CC4)ccc23)c1. The van der Waals surface area contributed by atoms with Gasteiger partial charge in [-0.25, -0.2) is 9.37 Å². The Morgan fingerprint density at radius 3 is 2.81 bits per heavy atom. The first-order valence-corrected chi connectivity index (χ1v) is 12.3. The summed E-state index contributed by atoms with van der Waals surface area (Å²) in [5.74, 6) is 0.195. The molecule has 1 fully saturated rings. The third-order valence-electron chi connectivity index (χ3n) is 6.38. The summed E-state index contributed by atoms with van der Waals surface area (Å²) in [5, 5.41) is 0. The molecular weight excluding hydrogens is 421 g/mol. The number of aryl methyl sites for hydroxylation is 1. The maximum absolute atomic E-state index is 13.2. The van der Waals surface area contributed by atoms with E-state index in [0.717, 1.165) is 64.5 Å². The molecule has 32 heavy (non-hydrogen) atoms. The molecule has 2 aromatic heterocycles. The van der Waals surface area contributed by atoms with Crippen molar-refractivity contribution in [2.24, 2.45) is 0 Å². The van der Waals surface area contributed by atoms with E-state index in [2.05, 4.69) is 46.7 Å². The van der Waals surface area contributed by atoms with Gasteiger partial charge in [-0.1, -0.05) is 35.1 Å². The fraction of sp³-hybridized carbons (Fsp3) is 0.385. The molecule has 2 aromatic carbocycles. The van der Waals surface area contributed by atoms with E-state index in [0.29, 0.717) is 19.3 Å². The maximum atomic E-state index is 13.2. The number of piperidine rings is 1. The first-order valence-electron chi connectivity index (χ1n) is 11.5. The minimum Gasteiger partial charge on any atom is -0.303 e. The largest absolute Gasteiger partial charge is 0.303 e. The van der Waals surface area contributed by atoms with Crippen LogP contribution >= 0.6 is 11.3 Å². The molecule has 1 saturated heterocycles. The van der Waals surface area contributed by atoms with Gasteiger partial charge in [0.2, 0.25) is 0 Å². The fourth-order valence-electron chi connectivity index (χ4n) is 4.51. The predicted octanol–water partition coefficient (Wildman–Crippen LogP) is 6.31. The number of carbonyl (C=O) groups is 1. The van der Waals surface area contributed by atoms with Crippen molar-refractivity contribution in [3.8, 4) is 11.3 Å². The second-order valence-corrected chi connectivity index (χ2v) is 9.84. The van der Waals surface area contributed by atoms with Gasteiger partial charge in [0.25, 0.3) is 0 Å². The average Bonchev–Trinajstić information content (AvgIpc) is 3.35. The lowest BCUT2D eigenvalue weighted by atomic mass is 10.0. The third-order valence-corrected chi connectivity index (χ3v) is 7.39. The van der Waals surface area contributed by atoms with E-state index in [1.165, 1.54) is 5.56 Å². The molecule has 0 amide bonds. The number of imidazole rings is 1. The summed E-state index contributed by atoms with van der Waals surface area (Å²) >= 11 is 1.62. The van der Waals surface area contributed by atoms with Crippen LogP contribution in [0, 0.1) is 6.92 Å². The molecule has 5 rings (SSSR count). The second kappa shape index (κ2) is 9.12. The zero-order chi connectivity index (χ0) is 22.1. The van der Waals surface area contributed by atoms with Crippen molar-refractivity contribution in [2.75, 3.05) is 19.6 Å². The highest BCUT2D eigenvalue weighted by Crippen LogP contribution is 2.30. The normalized spacial score (nSPS) is 15.7. The number of alkyl halides is 1. The molecule has 0 atom stereocenters. The zero-order valence-corrected chi connectivity index (χ0v) is 19.2. The standard InChI is InChI=1S/C26H28FN3OS/c1-18-5-4-6-19(15-18)22-17-30-23-9-8-20(16-25(23)32-26(30)28-22)24(31)7-2-3-12-29-13-10-21(27)11-14-29/h4-6,8-9,15-17,21H,2-3,7,10-14H2,1H3. The Bertz CT molecular complexity index is 1250. The fourth-order valence-corrected chi connectivity index (χ4v) is 5.56. The van der Waals surface area contributed by atoms with Gasteiger partial charge in [0, 0.05) is 36.8 Å². The van der Waals surface area contributed by atoms with Crippen LogP contribution in [0.2, 0.25) is 0 Å². The average molecular weight is 450 g/mol. The van der Waals surface area contributed by atoms with Crippen molar-refractivity contribution < 1.29 is 9.18 Å². The van der Waals surface area contributed by atoms with Crippen molar-refractivity contribution in [3.05, 3.63) is 59.8 Å². The van der Waals surface area contributed by atoms with Gasteiger partial charge >= 0.3 is 0 Å². The van der Waals surface area contributed by atoms with Crippen LogP contribution in [-0.2, 0) is 0 Å². The molecule has 0 unspecified atom stereocenters. The highest BCUT2D eigenvalue weighted by molar-refractivity contribution is 7.23. The van der Waals surface area contributed by atoms with Gasteiger partial charge in [-0.2, -0.15) is 0 Å². The van der Waals surface area contributed by atoms with Gasteiger partial charge in [0.1, 0.15) is 6.17 Å². The summed E-state index contributed by atoms with van der Waals surface area (Å²) in [7, 11) is 0. The monoisotopic (exact) mass is 449 g/mol. The Morgan fingerprint density at radius 2 is 2.00 bits per heavy atom. The van der Waals surface area contributed by atoms with Gasteiger partial charge in [0.15, 0.2) is 10.7 Å². The van der Waals surface area contributed by atoms with Crippen LogP contribution in [0.1, 0.15) is 48.0 Å². The van der Waals surface area contributed by atoms with Crippen molar-refractivity contribution in [1.82, 2.24) is 14.3 Å². The zero-order valence-electron chi connectivity index (χ0n) is 18.4. The molecule has 3 heterocycles. The number of fused-ring (bicyclic) bond motifs is 3. The Balaban J connectivity index is 1.23. The van der Waals surface area contributed by atoms with Crippen LogP contribution in [-0.4, -0.2) is 45.9 Å². The van der Waals surface area contributed by atoms with Crippen LogP contribution in [0.15, 0.2) is 48.7 Å². The number of aromatic nitrogens is 2. The van der Waals surface area contributed by atoms with E-state index in [9.17, 15) is 9.18 Å². The topological polar surface area (TPSA) is 37.6 Å². The number of benzene rings is 2. The first-order chi connectivity index (χ1) is 15.6. The highest BCUT2D eigenvalue weighted by Gasteiger charge is 2.18. The van der Waals surface area contributed by atoms with Gasteiger partial charge in [-0.15, -0.1) is 0 Å². The maximum Gasteiger partial charge on any atom is 0.195 e. The summed E-state index contributed by atoms with van der Waals surface area (Å²) in [5.41, 5.74) is 5.17. The van der Waals surface area contributed by atoms with Crippen LogP contribution < -0.4 is 0 Å². The summed E-state index contributed by atoms with van der Waals surface area (Å²) in [6.07, 6.45) is 5.17. The molecule has 0 N–H and O–H groups in total. The van der Waals surface area contributed by atoms with E-state index in [-0.39, 0.29) is 5.78 Å². The van der Waals surface area contributed by atoms with Gasteiger partial charge in [-0.3, -0.25) is 9.20 Å². The minimum atomic E-state index is -0.628. The molecule has 0 bridgehead atoms. The number of rotatable bonds is 7. The van der Waals surface area contributed by atoms with Gasteiger partial charge in [-0.05, 0) is 63.4 Å². The molecule has 0 aliphatic carbocycles. The van der Waals surface area contributed by atoms with E-state index >= 15 is 0 Å². The number of likely N-dealkylation sites (tertiary alicyclic amines) is 1. The quantitative estimate of drug-likeness (QED) is 0.245. The van der Waals surface area contributed by atoms with Gasteiger partial charge < -0.3 is 4.90 Å². The highest BCUT2D eigenvalue weighted by atomic mass is 32.1. The molecular formula is C26H28FN3OS. The Hall–Kier alpha value is -2.57. The van der Waals surface area contributed by atoms with E-state index in [4.69, 9.17) is 4.98 Å². The lowest BCUT2D eigenvalue weighted by molar-refractivity contribution is 0.0976. The van der Waals surface area contributed by atoms with Crippen LogP contribution in [0.4, 0.5) is 4.39 Å². The summed E-state index contributed by atoms with van der Waals surface area (Å²) in [4.78, 5) is 20.8. The summed E-state index contributed by atoms with van der Waals surface area (Å²) in [6, 6.07) is 14.4. The number of carbonyl (C=O) groups excluding carboxylic acids is 1. The van der Waals surface area contributed by atoms with Crippen LogP contribution in [0.5, 0.6) is 0 Å². The lowest BCUT2D eigenvalue weighted by Gasteiger charge is -2.28. The molecule has 4 nitrogen and oxygen atoms in total. The van der Waals surface area contributed by atoms with Gasteiger partial charge in [0.05, 0.1) is 15.9 Å². The molecule has 1 aliphatic heterocycles. The second-order valence-electron chi connectivity index (χ2n) is 8.83. The first kappa shape index (κ1) is 21.3. The van der Waals surface area contributed by atoms with E-state index < -0.39 is 6.17 Å². The predicted molar refractivity (Wildman–Crippen MR) is 129 cm³/mol. The number of ketones is 1. The number of thiazole rings is 1. The Kier molecular flexibility index (Phi) is 6.07. The third kappa shape index (κ3) is 4.48. The Labute approximate surface area is 191 Å². The number of unbranched alkanes of at least 4 members (excludes halogenated alkanes) is 1. The van der Waals surface area contributed by atoms with Crippen LogP contribution in [0.3, 0.4) is 0 Å². The van der Waals surface area contributed by atoms with Crippen molar-refractivity contribution in [1.29, 1.82) is 0 Å². The number of nitrogens with zero attached hydrogens (tertiary/aromatic N) is 3.